The quantitative estimate of drug-likeness (QED) is 0.358. The molecule has 0 fully saturated rings. The molecule has 1 aromatic heterocycles. The second kappa shape index (κ2) is 10.6. The highest BCUT2D eigenvalue weighted by molar-refractivity contribution is 5.92. The molecule has 4 aromatic rings. The van der Waals surface area contributed by atoms with Crippen LogP contribution >= 0.6 is 0 Å². The van der Waals surface area contributed by atoms with E-state index in [9.17, 15) is 0 Å². The van der Waals surface area contributed by atoms with Gasteiger partial charge >= 0.3 is 0 Å². The highest BCUT2D eigenvalue weighted by Gasteiger charge is 2.13. The van der Waals surface area contributed by atoms with Crippen molar-refractivity contribution in [3.05, 3.63) is 77.6 Å². The molecule has 174 valence electrons. The molecule has 0 atom stereocenters. The molecule has 4 rings (SSSR count). The van der Waals surface area contributed by atoms with E-state index in [1.165, 1.54) is 0 Å². The van der Waals surface area contributed by atoms with Crippen LogP contribution in [0.3, 0.4) is 0 Å². The van der Waals surface area contributed by atoms with Crippen molar-refractivity contribution in [1.29, 1.82) is 0 Å². The Hall–Kier alpha value is -4.26. The van der Waals surface area contributed by atoms with Crippen molar-refractivity contribution in [2.75, 3.05) is 33.8 Å². The smallest absolute Gasteiger partial charge is 0.162 e. The van der Waals surface area contributed by atoms with Gasteiger partial charge in [-0.3, -0.25) is 0 Å². The summed E-state index contributed by atoms with van der Waals surface area (Å²) in [6, 6.07) is 19.6. The van der Waals surface area contributed by atoms with Crippen molar-refractivity contribution in [2.45, 2.75) is 6.54 Å². The number of nitrogens with zero attached hydrogens (tertiary/aromatic N) is 2. The van der Waals surface area contributed by atoms with Crippen LogP contribution in [0.25, 0.3) is 23.1 Å². The summed E-state index contributed by atoms with van der Waals surface area (Å²) in [5.74, 6) is 3.90. The zero-order valence-corrected chi connectivity index (χ0v) is 19.7. The van der Waals surface area contributed by atoms with Crippen LogP contribution in [0.4, 0.5) is 5.82 Å². The maximum atomic E-state index is 5.50. The Bertz CT molecular complexity index is 1280. The van der Waals surface area contributed by atoms with Gasteiger partial charge in [-0.2, -0.15) is 0 Å². The number of rotatable bonds is 9. The van der Waals surface area contributed by atoms with E-state index in [-0.39, 0.29) is 0 Å². The lowest BCUT2D eigenvalue weighted by molar-refractivity contribution is 0.356. The van der Waals surface area contributed by atoms with Crippen LogP contribution in [-0.2, 0) is 6.54 Å². The third-order valence-corrected chi connectivity index (χ3v) is 5.32. The number of aromatic nitrogens is 2. The monoisotopic (exact) mass is 457 g/mol. The lowest BCUT2D eigenvalue weighted by Gasteiger charge is -2.13. The number of fused-ring (bicyclic) bond motifs is 1. The van der Waals surface area contributed by atoms with Crippen LogP contribution in [0.15, 0.2) is 60.7 Å². The minimum Gasteiger partial charge on any atom is -0.497 e. The van der Waals surface area contributed by atoms with Gasteiger partial charge in [0.2, 0.25) is 0 Å². The van der Waals surface area contributed by atoms with E-state index in [1.807, 2.05) is 60.7 Å². The predicted molar refractivity (Wildman–Crippen MR) is 135 cm³/mol. The first-order valence-corrected chi connectivity index (χ1v) is 10.8. The van der Waals surface area contributed by atoms with E-state index in [0.717, 1.165) is 22.0 Å². The van der Waals surface area contributed by atoms with Crippen LogP contribution in [0, 0.1) is 0 Å². The fourth-order valence-corrected chi connectivity index (χ4v) is 3.56. The van der Waals surface area contributed by atoms with Crippen molar-refractivity contribution in [2.24, 2.45) is 0 Å². The molecule has 0 saturated heterocycles. The number of benzene rings is 3. The minimum atomic E-state index is 0.553. The van der Waals surface area contributed by atoms with Gasteiger partial charge in [0.15, 0.2) is 17.3 Å². The molecule has 1 N–H and O–H groups in total. The van der Waals surface area contributed by atoms with Crippen LogP contribution in [-0.4, -0.2) is 38.4 Å². The van der Waals surface area contributed by atoms with Gasteiger partial charge in [0, 0.05) is 24.1 Å². The summed E-state index contributed by atoms with van der Waals surface area (Å²) >= 11 is 0. The van der Waals surface area contributed by atoms with Crippen molar-refractivity contribution in [3.63, 3.8) is 0 Å². The molecule has 0 radical (unpaired) electrons. The Labute approximate surface area is 199 Å². The fourth-order valence-electron chi connectivity index (χ4n) is 3.56. The van der Waals surface area contributed by atoms with Crippen LogP contribution in [0.1, 0.15) is 17.0 Å². The topological polar surface area (TPSA) is 74.7 Å². The average Bonchev–Trinajstić information content (AvgIpc) is 2.89. The van der Waals surface area contributed by atoms with Crippen LogP contribution in [0.5, 0.6) is 23.0 Å². The molecule has 34 heavy (non-hydrogen) atoms. The molecule has 3 aromatic carbocycles. The second-order valence-electron chi connectivity index (χ2n) is 7.47. The molecule has 7 heteroatoms. The normalized spacial score (nSPS) is 10.9. The van der Waals surface area contributed by atoms with Gasteiger partial charge in [-0.25, -0.2) is 9.97 Å². The van der Waals surface area contributed by atoms with Gasteiger partial charge in [-0.1, -0.05) is 36.4 Å². The van der Waals surface area contributed by atoms with E-state index in [4.69, 9.17) is 28.9 Å². The second-order valence-corrected chi connectivity index (χ2v) is 7.47. The lowest BCUT2D eigenvalue weighted by Crippen LogP contribution is -2.05. The van der Waals surface area contributed by atoms with E-state index in [1.54, 1.807) is 28.4 Å². The van der Waals surface area contributed by atoms with E-state index in [2.05, 4.69) is 17.4 Å². The molecule has 0 aliphatic carbocycles. The lowest BCUT2D eigenvalue weighted by atomic mass is 10.1. The van der Waals surface area contributed by atoms with Crippen molar-refractivity contribution in [3.8, 4) is 23.0 Å². The Morgan fingerprint density at radius 2 is 1.41 bits per heavy atom. The van der Waals surface area contributed by atoms with Crippen molar-refractivity contribution in [1.82, 2.24) is 9.97 Å². The molecule has 0 unspecified atom stereocenters. The summed E-state index contributed by atoms with van der Waals surface area (Å²) in [6.07, 6.45) is 3.78. The summed E-state index contributed by atoms with van der Waals surface area (Å²) in [7, 11) is 6.47. The van der Waals surface area contributed by atoms with Gasteiger partial charge in [-0.15, -0.1) is 0 Å². The van der Waals surface area contributed by atoms with Gasteiger partial charge in [0.1, 0.15) is 17.3 Å². The Kier molecular flexibility index (Phi) is 7.13. The van der Waals surface area contributed by atoms with Crippen LogP contribution < -0.4 is 24.3 Å². The van der Waals surface area contributed by atoms with E-state index < -0.39 is 0 Å². The number of anilines is 1. The van der Waals surface area contributed by atoms with Gasteiger partial charge in [0.25, 0.3) is 0 Å². The minimum absolute atomic E-state index is 0.553. The number of methoxy groups -OCH3 is 4. The molecule has 0 saturated carbocycles. The summed E-state index contributed by atoms with van der Waals surface area (Å²) in [4.78, 5) is 9.52. The number of nitrogens with one attached hydrogen (secondary N) is 1. The summed E-state index contributed by atoms with van der Waals surface area (Å²) in [5, 5.41) is 4.29. The Balaban J connectivity index is 1.75. The number of hydrogen-bond acceptors (Lipinski definition) is 7. The summed E-state index contributed by atoms with van der Waals surface area (Å²) in [5.41, 5.74) is 2.80. The number of hydrogen-bond donors (Lipinski definition) is 1. The van der Waals surface area contributed by atoms with E-state index >= 15 is 0 Å². The average molecular weight is 458 g/mol. The van der Waals surface area contributed by atoms with Crippen molar-refractivity contribution < 1.29 is 18.9 Å². The van der Waals surface area contributed by atoms with Gasteiger partial charge < -0.3 is 24.3 Å². The third-order valence-electron chi connectivity index (χ3n) is 5.32. The zero-order valence-electron chi connectivity index (χ0n) is 19.7. The van der Waals surface area contributed by atoms with Crippen molar-refractivity contribution >= 4 is 28.9 Å². The van der Waals surface area contributed by atoms with E-state index in [0.29, 0.717) is 41.2 Å². The highest BCUT2D eigenvalue weighted by atomic mass is 16.5. The zero-order chi connectivity index (χ0) is 23.9. The Morgan fingerprint density at radius 1 is 0.735 bits per heavy atom. The molecule has 0 bridgehead atoms. The largest absolute Gasteiger partial charge is 0.497 e. The standard InChI is InChI=1S/C27H27N3O4/c1-31-20-12-19(13-21(14-20)32-2)10-11-26-29-23-16-25(34-4)24(33-3)15-22(23)27(30-26)28-17-18-8-6-5-7-9-18/h5-16H,17H2,1-4H3,(H,28,29,30)/b11-10+. The highest BCUT2D eigenvalue weighted by Crippen LogP contribution is 2.34. The van der Waals surface area contributed by atoms with Gasteiger partial charge in [0.05, 0.1) is 34.0 Å². The van der Waals surface area contributed by atoms with Gasteiger partial charge in [-0.05, 0) is 35.4 Å². The first-order chi connectivity index (χ1) is 16.6. The summed E-state index contributed by atoms with van der Waals surface area (Å²) in [6.45, 7) is 0.623. The first kappa shape index (κ1) is 22.9. The summed E-state index contributed by atoms with van der Waals surface area (Å²) < 4.78 is 21.7. The Morgan fingerprint density at radius 3 is 2.06 bits per heavy atom. The molecule has 0 aliphatic heterocycles. The molecule has 0 amide bonds. The van der Waals surface area contributed by atoms with Crippen LogP contribution in [0.2, 0.25) is 0 Å². The molecule has 7 nitrogen and oxygen atoms in total. The SMILES string of the molecule is COc1cc(/C=C/c2nc(NCc3ccccc3)c3cc(OC)c(OC)cc3n2)cc(OC)c1. The maximum Gasteiger partial charge on any atom is 0.162 e. The maximum absolute atomic E-state index is 5.50. The third kappa shape index (κ3) is 5.20. The molecule has 1 heterocycles. The predicted octanol–water partition coefficient (Wildman–Crippen LogP) is 5.45. The molecular formula is C27H27N3O4. The molecule has 0 aliphatic rings. The molecule has 0 spiro atoms. The number of ether oxygens (including phenoxy) is 4. The first-order valence-electron chi connectivity index (χ1n) is 10.8. The fraction of sp³-hybridized carbons (Fsp3) is 0.185. The molecular weight excluding hydrogens is 430 g/mol.